The fourth-order valence-electron chi connectivity index (χ4n) is 1.83. The van der Waals surface area contributed by atoms with Gasteiger partial charge in [-0.25, -0.2) is 0 Å². The van der Waals surface area contributed by atoms with Crippen molar-refractivity contribution in [1.29, 1.82) is 0 Å². The van der Waals surface area contributed by atoms with Crippen LogP contribution in [0.3, 0.4) is 0 Å². The first-order chi connectivity index (χ1) is 9.42. The lowest BCUT2D eigenvalue weighted by Gasteiger charge is -2.18. The van der Waals surface area contributed by atoms with Crippen molar-refractivity contribution in [1.82, 2.24) is 0 Å². The van der Waals surface area contributed by atoms with Gasteiger partial charge in [0.25, 0.3) is 0 Å². The molecule has 102 valence electrons. The van der Waals surface area contributed by atoms with Crippen LogP contribution in [0.5, 0.6) is 0 Å². The number of hydrogen-bond donors (Lipinski definition) is 1. The molecule has 2 nitrogen and oxygen atoms in total. The van der Waals surface area contributed by atoms with E-state index in [0.29, 0.717) is 13.2 Å². The summed E-state index contributed by atoms with van der Waals surface area (Å²) in [6.07, 6.45) is -0.0269. The zero-order valence-corrected chi connectivity index (χ0v) is 12.7. The van der Waals surface area contributed by atoms with Gasteiger partial charge in [0, 0.05) is 6.54 Å². The van der Waals surface area contributed by atoms with Crippen LogP contribution >= 0.6 is 15.9 Å². The third-order valence-corrected chi connectivity index (χ3v) is 2.61. The van der Waals surface area contributed by atoms with Crippen molar-refractivity contribution < 1.29 is 4.74 Å². The Morgan fingerprint density at radius 3 is 1.68 bits per heavy atom. The minimum absolute atomic E-state index is 0.0269. The Balaban J connectivity index is 0.000000861. The lowest BCUT2D eigenvalue weighted by molar-refractivity contribution is 0.0864. The van der Waals surface area contributed by atoms with Crippen LogP contribution in [0.4, 0.5) is 0 Å². The molecule has 2 N–H and O–H groups in total. The predicted octanol–water partition coefficient (Wildman–Crippen LogP) is 3.76. The molecule has 0 atom stereocenters. The third-order valence-electron chi connectivity index (χ3n) is 2.61. The average molecular weight is 322 g/mol. The molecular formula is C16H20BrNO. The maximum absolute atomic E-state index is 5.84. The summed E-state index contributed by atoms with van der Waals surface area (Å²) in [6, 6.07) is 20.4. The first-order valence-electron chi connectivity index (χ1n) is 6.21. The summed E-state index contributed by atoms with van der Waals surface area (Å²) >= 11 is 2.94. The van der Waals surface area contributed by atoms with Crippen LogP contribution in [-0.4, -0.2) is 19.0 Å². The molecular weight excluding hydrogens is 302 g/mol. The molecule has 0 amide bonds. The second-order valence-electron chi connectivity index (χ2n) is 3.86. The smallest absolute Gasteiger partial charge is 0.108 e. The van der Waals surface area contributed by atoms with E-state index >= 15 is 0 Å². The molecule has 3 heteroatoms. The van der Waals surface area contributed by atoms with Gasteiger partial charge in [-0.3, -0.25) is 0 Å². The van der Waals surface area contributed by atoms with Crippen LogP contribution in [-0.2, 0) is 4.74 Å². The van der Waals surface area contributed by atoms with Crippen molar-refractivity contribution in [3.05, 3.63) is 71.8 Å². The van der Waals surface area contributed by atoms with Crippen LogP contribution in [0.1, 0.15) is 17.2 Å². The van der Waals surface area contributed by atoms with Crippen molar-refractivity contribution >= 4 is 15.9 Å². The number of benzene rings is 2. The van der Waals surface area contributed by atoms with Crippen molar-refractivity contribution in [3.8, 4) is 0 Å². The van der Waals surface area contributed by atoms with Gasteiger partial charge in [-0.15, -0.1) is 0 Å². The van der Waals surface area contributed by atoms with E-state index < -0.39 is 0 Å². The number of alkyl halides is 1. The van der Waals surface area contributed by atoms with Gasteiger partial charge in [0.2, 0.25) is 0 Å². The summed E-state index contributed by atoms with van der Waals surface area (Å²) in [6.45, 7) is 1.10. The quantitative estimate of drug-likeness (QED) is 0.851. The fourth-order valence-corrected chi connectivity index (χ4v) is 1.83. The van der Waals surface area contributed by atoms with Gasteiger partial charge in [0.1, 0.15) is 6.10 Å². The summed E-state index contributed by atoms with van der Waals surface area (Å²) in [5.41, 5.74) is 7.83. The van der Waals surface area contributed by atoms with E-state index in [-0.39, 0.29) is 6.10 Å². The molecule has 2 rings (SSSR count). The molecule has 0 unspecified atom stereocenters. The van der Waals surface area contributed by atoms with Crippen molar-refractivity contribution in [2.45, 2.75) is 6.10 Å². The molecule has 0 spiro atoms. The molecule has 0 saturated carbocycles. The standard InChI is InChI=1S/C15H17NO.CH3Br/c16-11-12-17-15(13-7-3-1-4-8-13)14-9-5-2-6-10-14;1-2/h1-10,15H,11-12,16H2;1H3. The molecule has 0 aliphatic heterocycles. The zero-order valence-electron chi connectivity index (χ0n) is 11.1. The van der Waals surface area contributed by atoms with Crippen LogP contribution in [0.2, 0.25) is 0 Å². The van der Waals surface area contributed by atoms with Crippen LogP contribution in [0.25, 0.3) is 0 Å². The molecule has 0 aliphatic carbocycles. The number of nitrogens with two attached hydrogens (primary N) is 1. The summed E-state index contributed by atoms with van der Waals surface area (Å²) in [4.78, 5) is 0. The molecule has 0 saturated heterocycles. The molecule has 0 heterocycles. The van der Waals surface area contributed by atoms with Crippen LogP contribution < -0.4 is 5.73 Å². The Kier molecular flexibility index (Phi) is 8.14. The van der Waals surface area contributed by atoms with E-state index in [4.69, 9.17) is 10.5 Å². The van der Waals surface area contributed by atoms with Gasteiger partial charge < -0.3 is 10.5 Å². The van der Waals surface area contributed by atoms with E-state index in [2.05, 4.69) is 40.2 Å². The molecule has 0 bridgehead atoms. The highest BCUT2D eigenvalue weighted by Crippen LogP contribution is 2.25. The summed E-state index contributed by atoms with van der Waals surface area (Å²) < 4.78 is 5.84. The molecule has 0 aliphatic rings. The highest BCUT2D eigenvalue weighted by molar-refractivity contribution is 9.08. The second-order valence-corrected chi connectivity index (χ2v) is 3.86. The Morgan fingerprint density at radius 2 is 1.32 bits per heavy atom. The van der Waals surface area contributed by atoms with Gasteiger partial charge >= 0.3 is 0 Å². The van der Waals surface area contributed by atoms with Crippen molar-refractivity contribution in [2.24, 2.45) is 5.73 Å². The first kappa shape index (κ1) is 15.9. The molecule has 0 fully saturated rings. The Bertz CT molecular complexity index is 394. The fraction of sp³-hybridized carbons (Fsp3) is 0.250. The number of hydrogen-bond acceptors (Lipinski definition) is 2. The van der Waals surface area contributed by atoms with E-state index in [1.54, 1.807) is 0 Å². The van der Waals surface area contributed by atoms with Gasteiger partial charge in [0.05, 0.1) is 6.61 Å². The number of halogens is 1. The number of rotatable bonds is 5. The van der Waals surface area contributed by atoms with E-state index in [1.807, 2.05) is 42.2 Å². The Labute approximate surface area is 123 Å². The SMILES string of the molecule is CBr.NCCOC(c1ccccc1)c1ccccc1. The van der Waals surface area contributed by atoms with Crippen molar-refractivity contribution in [3.63, 3.8) is 0 Å². The normalized spacial score (nSPS) is 9.89. The van der Waals surface area contributed by atoms with Crippen molar-refractivity contribution in [2.75, 3.05) is 19.0 Å². The second kappa shape index (κ2) is 9.73. The lowest BCUT2D eigenvalue weighted by Crippen LogP contribution is -2.13. The molecule has 2 aromatic carbocycles. The van der Waals surface area contributed by atoms with E-state index in [0.717, 1.165) is 11.1 Å². The molecule has 0 radical (unpaired) electrons. The van der Waals surface area contributed by atoms with Crippen LogP contribution in [0.15, 0.2) is 60.7 Å². The molecule has 0 aromatic heterocycles. The summed E-state index contributed by atoms with van der Waals surface area (Å²) in [7, 11) is 0. The Hall–Kier alpha value is -1.16. The zero-order chi connectivity index (χ0) is 13.9. The maximum Gasteiger partial charge on any atom is 0.108 e. The van der Waals surface area contributed by atoms with E-state index in [1.165, 1.54) is 0 Å². The van der Waals surface area contributed by atoms with Gasteiger partial charge in [-0.2, -0.15) is 0 Å². The van der Waals surface area contributed by atoms with E-state index in [9.17, 15) is 0 Å². The largest absolute Gasteiger partial charge is 0.367 e. The Morgan fingerprint density at radius 1 is 0.895 bits per heavy atom. The number of ether oxygens (including phenoxy) is 1. The van der Waals surface area contributed by atoms with Gasteiger partial charge in [-0.05, 0) is 17.0 Å². The predicted molar refractivity (Wildman–Crippen MR) is 84.6 cm³/mol. The summed E-state index contributed by atoms with van der Waals surface area (Å²) in [5, 5.41) is 0. The average Bonchev–Trinajstić information content (AvgIpc) is 2.52. The lowest BCUT2D eigenvalue weighted by atomic mass is 10.0. The van der Waals surface area contributed by atoms with Crippen LogP contribution in [0, 0.1) is 0 Å². The highest BCUT2D eigenvalue weighted by Gasteiger charge is 2.13. The minimum atomic E-state index is -0.0269. The monoisotopic (exact) mass is 321 g/mol. The summed E-state index contributed by atoms with van der Waals surface area (Å²) in [5.74, 6) is 1.81. The van der Waals surface area contributed by atoms with Gasteiger partial charge in [0.15, 0.2) is 0 Å². The first-order valence-corrected chi connectivity index (χ1v) is 7.80. The maximum atomic E-state index is 5.84. The topological polar surface area (TPSA) is 35.2 Å². The molecule has 2 aromatic rings. The highest BCUT2D eigenvalue weighted by atomic mass is 79.9. The molecule has 19 heavy (non-hydrogen) atoms. The third kappa shape index (κ3) is 5.15. The van der Waals surface area contributed by atoms with Gasteiger partial charge in [-0.1, -0.05) is 76.6 Å². The minimum Gasteiger partial charge on any atom is -0.367 e.